The third-order valence-corrected chi connectivity index (χ3v) is 2.91. The van der Waals surface area contributed by atoms with Crippen molar-refractivity contribution in [2.45, 2.75) is 19.4 Å². The Morgan fingerprint density at radius 2 is 1.94 bits per heavy atom. The van der Waals surface area contributed by atoms with Crippen LogP contribution in [0.5, 0.6) is 5.88 Å². The molecule has 0 atom stereocenters. The van der Waals surface area contributed by atoms with E-state index in [2.05, 4.69) is 10.3 Å². The van der Waals surface area contributed by atoms with Crippen LogP contribution < -0.4 is 10.1 Å². The van der Waals surface area contributed by atoms with Crippen LogP contribution >= 0.6 is 0 Å². The van der Waals surface area contributed by atoms with Crippen LogP contribution in [0.1, 0.15) is 13.8 Å². The highest BCUT2D eigenvalue weighted by Crippen LogP contribution is 2.22. The smallest absolute Gasteiger partial charge is 0.252 e. The fourth-order valence-corrected chi connectivity index (χ4v) is 1.10. The van der Waals surface area contributed by atoms with E-state index in [0.717, 1.165) is 6.07 Å². The Hall–Kier alpha value is -1.43. The summed E-state index contributed by atoms with van der Waals surface area (Å²) in [6, 6.07) is 0.761. The van der Waals surface area contributed by atoms with Crippen molar-refractivity contribution >= 4 is 5.82 Å². The fourth-order valence-electron chi connectivity index (χ4n) is 1.10. The lowest BCUT2D eigenvalue weighted by Crippen LogP contribution is -2.43. The summed E-state index contributed by atoms with van der Waals surface area (Å²) in [4.78, 5) is 5.70. The molecule has 0 aliphatic carbocycles. The van der Waals surface area contributed by atoms with E-state index in [1.165, 1.54) is 7.05 Å². The number of hydrogen-bond acceptors (Lipinski definition) is 4. The van der Waals surface area contributed by atoms with E-state index in [0.29, 0.717) is 0 Å². The lowest BCUT2D eigenvalue weighted by molar-refractivity contribution is 0.108. The third-order valence-electron chi connectivity index (χ3n) is 2.91. The molecule has 1 heterocycles. The van der Waals surface area contributed by atoms with Gasteiger partial charge in [-0.2, -0.15) is 4.98 Å². The Labute approximate surface area is 106 Å². The van der Waals surface area contributed by atoms with Gasteiger partial charge in [0.1, 0.15) is 6.61 Å². The maximum absolute atomic E-state index is 13.5. The molecule has 102 valence electrons. The van der Waals surface area contributed by atoms with E-state index >= 15 is 0 Å². The van der Waals surface area contributed by atoms with Gasteiger partial charge in [0.25, 0.3) is 5.88 Å². The number of hydrogen-bond donors (Lipinski definition) is 1. The first-order valence-electron chi connectivity index (χ1n) is 5.62. The molecule has 0 aliphatic rings. The number of aromatic nitrogens is 1. The van der Waals surface area contributed by atoms with Gasteiger partial charge in [-0.15, -0.1) is 0 Å². The van der Waals surface area contributed by atoms with Gasteiger partial charge in [-0.05, 0) is 27.9 Å². The van der Waals surface area contributed by atoms with Crippen molar-refractivity contribution in [3.8, 4) is 5.88 Å². The second kappa shape index (κ2) is 5.48. The highest BCUT2D eigenvalue weighted by Gasteiger charge is 2.23. The Balaban J connectivity index is 2.85. The van der Waals surface area contributed by atoms with Crippen LogP contribution in [0.2, 0.25) is 0 Å². The number of anilines is 1. The topological polar surface area (TPSA) is 37.4 Å². The van der Waals surface area contributed by atoms with Gasteiger partial charge >= 0.3 is 0 Å². The predicted octanol–water partition coefficient (Wildman–Crippen LogP) is 2.12. The molecule has 18 heavy (non-hydrogen) atoms. The van der Waals surface area contributed by atoms with E-state index in [4.69, 9.17) is 4.74 Å². The molecule has 0 aromatic carbocycles. The van der Waals surface area contributed by atoms with Gasteiger partial charge in [0.15, 0.2) is 17.5 Å². The highest BCUT2D eigenvalue weighted by atomic mass is 19.1. The molecule has 1 aromatic heterocycles. The van der Waals surface area contributed by atoms with E-state index in [1.54, 1.807) is 0 Å². The summed E-state index contributed by atoms with van der Waals surface area (Å²) < 4.78 is 32.0. The average molecular weight is 259 g/mol. The van der Waals surface area contributed by atoms with Crippen molar-refractivity contribution in [1.29, 1.82) is 0 Å². The molecule has 1 N–H and O–H groups in total. The van der Waals surface area contributed by atoms with Gasteiger partial charge in [0, 0.05) is 18.7 Å². The Bertz CT molecular complexity index is 422. The molecule has 0 unspecified atom stereocenters. The molecule has 1 rings (SSSR count). The summed E-state index contributed by atoms with van der Waals surface area (Å²) in [5.74, 6) is -1.78. The molecule has 0 bridgehead atoms. The number of rotatable bonds is 5. The lowest BCUT2D eigenvalue weighted by Gasteiger charge is -2.31. The third kappa shape index (κ3) is 3.29. The summed E-state index contributed by atoms with van der Waals surface area (Å²) in [6.45, 7) is 4.15. The lowest BCUT2D eigenvalue weighted by atomic mass is 10.1. The minimum absolute atomic E-state index is 0.0333. The number of nitrogens with one attached hydrogen (secondary N) is 1. The summed E-state index contributed by atoms with van der Waals surface area (Å²) in [5.41, 5.74) is -0.275. The molecule has 0 saturated heterocycles. The Morgan fingerprint density at radius 3 is 2.44 bits per heavy atom. The standard InChI is InChI=1S/C12H19F2N3O/c1-12(2,17(4)5)7-18-11-9(14)6-8(13)10(15-3)16-11/h6H,7H2,1-5H3,(H,15,16). The number of ether oxygens (including phenoxy) is 1. The second-order valence-corrected chi connectivity index (χ2v) is 4.85. The minimum Gasteiger partial charge on any atom is -0.474 e. The molecule has 4 nitrogen and oxygen atoms in total. The number of halogens is 2. The zero-order valence-electron chi connectivity index (χ0n) is 11.3. The van der Waals surface area contributed by atoms with Crippen LogP contribution in [-0.4, -0.2) is 43.2 Å². The first kappa shape index (κ1) is 14.6. The van der Waals surface area contributed by atoms with Crippen LogP contribution in [0.25, 0.3) is 0 Å². The Morgan fingerprint density at radius 1 is 1.33 bits per heavy atom. The summed E-state index contributed by atoms with van der Waals surface area (Å²) in [5, 5.41) is 2.54. The van der Waals surface area contributed by atoms with Crippen molar-refractivity contribution in [3.05, 3.63) is 17.7 Å². The molecule has 0 spiro atoms. The van der Waals surface area contributed by atoms with Crippen molar-refractivity contribution in [2.24, 2.45) is 0 Å². The largest absolute Gasteiger partial charge is 0.474 e. The zero-order chi connectivity index (χ0) is 13.9. The van der Waals surface area contributed by atoms with Crippen LogP contribution in [0.4, 0.5) is 14.6 Å². The van der Waals surface area contributed by atoms with Crippen LogP contribution in [0.3, 0.4) is 0 Å². The molecule has 0 fully saturated rings. The van der Waals surface area contributed by atoms with E-state index in [9.17, 15) is 8.78 Å². The predicted molar refractivity (Wildman–Crippen MR) is 67.0 cm³/mol. The van der Waals surface area contributed by atoms with E-state index in [-0.39, 0.29) is 23.8 Å². The molecule has 6 heteroatoms. The molecule has 0 saturated carbocycles. The maximum atomic E-state index is 13.5. The van der Waals surface area contributed by atoms with Crippen LogP contribution in [0, 0.1) is 11.6 Å². The van der Waals surface area contributed by atoms with E-state index in [1.807, 2.05) is 32.8 Å². The van der Waals surface area contributed by atoms with Crippen LogP contribution in [0.15, 0.2) is 6.07 Å². The van der Waals surface area contributed by atoms with Gasteiger partial charge in [-0.25, -0.2) is 8.78 Å². The molecule has 1 aromatic rings. The quantitative estimate of drug-likeness (QED) is 0.879. The second-order valence-electron chi connectivity index (χ2n) is 4.85. The van der Waals surface area contributed by atoms with Crippen molar-refractivity contribution in [2.75, 3.05) is 33.1 Å². The average Bonchev–Trinajstić information content (AvgIpc) is 2.27. The minimum atomic E-state index is -0.805. The number of pyridine rings is 1. The summed E-state index contributed by atoms with van der Waals surface area (Å²) in [6.07, 6.45) is 0. The fraction of sp³-hybridized carbons (Fsp3) is 0.583. The normalized spacial score (nSPS) is 11.8. The van der Waals surface area contributed by atoms with Crippen molar-refractivity contribution < 1.29 is 13.5 Å². The number of likely N-dealkylation sites (N-methyl/N-ethyl adjacent to an activating group) is 1. The molecular formula is C12H19F2N3O. The first-order valence-corrected chi connectivity index (χ1v) is 5.62. The van der Waals surface area contributed by atoms with Gasteiger partial charge < -0.3 is 15.0 Å². The molecular weight excluding hydrogens is 240 g/mol. The highest BCUT2D eigenvalue weighted by molar-refractivity contribution is 5.38. The maximum Gasteiger partial charge on any atom is 0.252 e. The molecule has 0 amide bonds. The van der Waals surface area contributed by atoms with E-state index < -0.39 is 11.6 Å². The SMILES string of the molecule is CNc1nc(OCC(C)(C)N(C)C)c(F)cc1F. The first-order chi connectivity index (χ1) is 8.27. The van der Waals surface area contributed by atoms with Gasteiger partial charge in [-0.1, -0.05) is 0 Å². The van der Waals surface area contributed by atoms with Crippen molar-refractivity contribution in [3.63, 3.8) is 0 Å². The number of nitrogens with zero attached hydrogens (tertiary/aromatic N) is 2. The summed E-state index contributed by atoms with van der Waals surface area (Å²) >= 11 is 0. The Kier molecular flexibility index (Phi) is 4.45. The van der Waals surface area contributed by atoms with Crippen molar-refractivity contribution in [1.82, 2.24) is 9.88 Å². The van der Waals surface area contributed by atoms with Crippen LogP contribution in [-0.2, 0) is 0 Å². The van der Waals surface area contributed by atoms with Gasteiger partial charge in [0.2, 0.25) is 0 Å². The monoisotopic (exact) mass is 259 g/mol. The molecule has 0 radical (unpaired) electrons. The summed E-state index contributed by atoms with van der Waals surface area (Å²) in [7, 11) is 5.31. The zero-order valence-corrected chi connectivity index (χ0v) is 11.3. The molecule has 0 aliphatic heterocycles. The van der Waals surface area contributed by atoms with Gasteiger partial charge in [0.05, 0.1) is 0 Å². The van der Waals surface area contributed by atoms with Gasteiger partial charge in [-0.3, -0.25) is 0 Å².